The molecule has 6 heteroatoms. The Morgan fingerprint density at radius 3 is 2.75 bits per heavy atom. The van der Waals surface area contributed by atoms with Crippen molar-refractivity contribution in [2.45, 2.75) is 45.9 Å². The van der Waals surface area contributed by atoms with E-state index in [2.05, 4.69) is 66.7 Å². The lowest BCUT2D eigenvalue weighted by atomic mass is 10.0. The number of hydrogen-bond donors (Lipinski definition) is 1. The van der Waals surface area contributed by atoms with Crippen LogP contribution in [0.2, 0.25) is 0 Å². The molecule has 0 unspecified atom stereocenters. The highest BCUT2D eigenvalue weighted by atomic mass is 16.5. The van der Waals surface area contributed by atoms with Crippen LogP contribution in [0.3, 0.4) is 0 Å². The molecule has 0 radical (unpaired) electrons. The number of nitrogens with one attached hydrogen (secondary N) is 1. The molecular weight excluding hydrogens is 352 g/mol. The van der Waals surface area contributed by atoms with Crippen molar-refractivity contribution in [1.82, 2.24) is 15.0 Å². The maximum Gasteiger partial charge on any atom is 0.278 e. The fourth-order valence-corrected chi connectivity index (χ4v) is 3.34. The van der Waals surface area contributed by atoms with E-state index in [1.165, 1.54) is 11.1 Å². The summed E-state index contributed by atoms with van der Waals surface area (Å²) in [7, 11) is 0. The van der Waals surface area contributed by atoms with Crippen LogP contribution in [0.4, 0.5) is 5.69 Å². The van der Waals surface area contributed by atoms with Crippen molar-refractivity contribution in [2.24, 2.45) is 0 Å². The van der Waals surface area contributed by atoms with Gasteiger partial charge < -0.3 is 10.1 Å². The molecule has 0 spiro atoms. The second-order valence-electron chi connectivity index (χ2n) is 7.51. The maximum absolute atomic E-state index is 12.7. The van der Waals surface area contributed by atoms with E-state index in [0.29, 0.717) is 30.5 Å². The van der Waals surface area contributed by atoms with Gasteiger partial charge in [0.05, 0.1) is 18.8 Å². The Hall–Kier alpha value is -2.99. The van der Waals surface area contributed by atoms with Gasteiger partial charge in [-0.05, 0) is 36.1 Å². The van der Waals surface area contributed by atoms with E-state index in [0.717, 1.165) is 11.3 Å². The van der Waals surface area contributed by atoms with Gasteiger partial charge in [0.1, 0.15) is 6.10 Å². The van der Waals surface area contributed by atoms with Crippen molar-refractivity contribution < 1.29 is 9.53 Å². The van der Waals surface area contributed by atoms with Crippen molar-refractivity contribution in [1.29, 1.82) is 0 Å². The van der Waals surface area contributed by atoms with E-state index < -0.39 is 0 Å². The van der Waals surface area contributed by atoms with Crippen LogP contribution < -0.4 is 5.32 Å². The zero-order chi connectivity index (χ0) is 19.7. The third-order valence-corrected chi connectivity index (χ3v) is 5.07. The Morgan fingerprint density at radius 1 is 1.21 bits per heavy atom. The molecule has 0 saturated carbocycles. The second-order valence-corrected chi connectivity index (χ2v) is 7.51. The summed E-state index contributed by atoms with van der Waals surface area (Å²) < 4.78 is 7.77. The number of ether oxygens (including phenoxy) is 1. The summed E-state index contributed by atoms with van der Waals surface area (Å²) in [4.78, 5) is 12.7. The van der Waals surface area contributed by atoms with Crippen molar-refractivity contribution in [2.75, 3.05) is 5.32 Å². The molecule has 3 aromatic rings. The average molecular weight is 376 g/mol. The van der Waals surface area contributed by atoms with E-state index in [1.807, 2.05) is 18.2 Å². The Morgan fingerprint density at radius 2 is 2.00 bits per heavy atom. The van der Waals surface area contributed by atoms with Gasteiger partial charge in [0.2, 0.25) is 0 Å². The lowest BCUT2D eigenvalue weighted by Crippen LogP contribution is -2.24. The molecule has 144 valence electrons. The molecular formula is C22H24N4O2. The van der Waals surface area contributed by atoms with Gasteiger partial charge in [-0.15, -0.1) is 5.10 Å². The number of nitrogens with zero attached hydrogens (tertiary/aromatic N) is 3. The van der Waals surface area contributed by atoms with Gasteiger partial charge in [0.15, 0.2) is 5.69 Å². The minimum atomic E-state index is -0.264. The second kappa shape index (κ2) is 7.56. The molecule has 0 bridgehead atoms. The van der Waals surface area contributed by atoms with Crippen LogP contribution in [-0.2, 0) is 17.9 Å². The fraction of sp³-hybridized carbons (Fsp3) is 0.318. The number of carbonyl (C=O) groups excluding carboxylic acids is 1. The minimum Gasteiger partial charge on any atom is -0.365 e. The summed E-state index contributed by atoms with van der Waals surface area (Å²) in [6.07, 6.45) is -0.0894. The molecule has 4 rings (SSSR count). The van der Waals surface area contributed by atoms with Crippen LogP contribution in [0.5, 0.6) is 0 Å². The maximum atomic E-state index is 12.7. The topological polar surface area (TPSA) is 69.0 Å². The van der Waals surface area contributed by atoms with E-state index in [1.54, 1.807) is 4.68 Å². The number of aryl methyl sites for hydroxylation is 1. The first-order chi connectivity index (χ1) is 13.5. The number of rotatable bonds is 4. The normalized spacial score (nSPS) is 16.1. The number of carbonyl (C=O) groups is 1. The molecule has 2 aromatic carbocycles. The van der Waals surface area contributed by atoms with Gasteiger partial charge in [-0.25, -0.2) is 4.68 Å². The zero-order valence-corrected chi connectivity index (χ0v) is 16.3. The van der Waals surface area contributed by atoms with E-state index >= 15 is 0 Å². The third-order valence-electron chi connectivity index (χ3n) is 5.07. The molecule has 1 amide bonds. The molecule has 1 aliphatic rings. The standard InChI is InChI=1S/C22H24N4O2/c1-14(2)17-5-4-6-18(11-17)23-22(27)21-19-13-28-20(12-26(19)25-24-21)16-9-7-15(3)8-10-16/h4-11,14,20H,12-13H2,1-3H3,(H,23,27)/t20-/m1/s1. The first-order valence-electron chi connectivity index (χ1n) is 9.53. The Labute approximate surface area is 164 Å². The highest BCUT2D eigenvalue weighted by Gasteiger charge is 2.27. The number of aromatic nitrogens is 3. The number of amides is 1. The lowest BCUT2D eigenvalue weighted by molar-refractivity contribution is -0.00171. The van der Waals surface area contributed by atoms with Crippen LogP contribution >= 0.6 is 0 Å². The van der Waals surface area contributed by atoms with Crippen molar-refractivity contribution in [3.8, 4) is 0 Å². The monoisotopic (exact) mass is 376 g/mol. The molecule has 1 atom stereocenters. The van der Waals surface area contributed by atoms with Crippen LogP contribution in [-0.4, -0.2) is 20.9 Å². The van der Waals surface area contributed by atoms with Gasteiger partial charge in [-0.3, -0.25) is 4.79 Å². The fourth-order valence-electron chi connectivity index (χ4n) is 3.34. The van der Waals surface area contributed by atoms with E-state index in [-0.39, 0.29) is 12.0 Å². The number of hydrogen-bond acceptors (Lipinski definition) is 4. The van der Waals surface area contributed by atoms with E-state index in [9.17, 15) is 4.79 Å². The van der Waals surface area contributed by atoms with Gasteiger partial charge in [0, 0.05) is 5.69 Å². The Bertz CT molecular complexity index is 992. The quantitative estimate of drug-likeness (QED) is 0.740. The van der Waals surface area contributed by atoms with Gasteiger partial charge in [-0.1, -0.05) is 61.0 Å². The SMILES string of the molecule is Cc1ccc([C@H]2Cn3nnc(C(=O)Nc4cccc(C(C)C)c4)c3CO2)cc1. The molecule has 6 nitrogen and oxygen atoms in total. The van der Waals surface area contributed by atoms with Gasteiger partial charge in [0.25, 0.3) is 5.91 Å². The summed E-state index contributed by atoms with van der Waals surface area (Å²) >= 11 is 0. The number of fused-ring (bicyclic) bond motifs is 1. The van der Waals surface area contributed by atoms with Crippen molar-refractivity contribution in [3.63, 3.8) is 0 Å². The summed E-state index contributed by atoms with van der Waals surface area (Å²) in [5.74, 6) is 0.130. The number of benzene rings is 2. The summed E-state index contributed by atoms with van der Waals surface area (Å²) in [6, 6.07) is 16.1. The Kier molecular flexibility index (Phi) is 4.96. The van der Waals surface area contributed by atoms with Crippen molar-refractivity contribution >= 4 is 11.6 Å². The number of anilines is 1. The lowest BCUT2D eigenvalue weighted by Gasteiger charge is -2.24. The molecule has 1 aromatic heterocycles. The third kappa shape index (κ3) is 3.68. The molecule has 0 aliphatic carbocycles. The smallest absolute Gasteiger partial charge is 0.278 e. The first-order valence-corrected chi connectivity index (χ1v) is 9.53. The summed E-state index contributed by atoms with van der Waals surface area (Å²) in [5.41, 5.74) is 5.27. The molecule has 28 heavy (non-hydrogen) atoms. The highest BCUT2D eigenvalue weighted by molar-refractivity contribution is 6.03. The van der Waals surface area contributed by atoms with E-state index in [4.69, 9.17) is 4.74 Å². The average Bonchev–Trinajstić information content (AvgIpc) is 3.12. The highest BCUT2D eigenvalue weighted by Crippen LogP contribution is 2.27. The summed E-state index contributed by atoms with van der Waals surface area (Å²) in [5, 5.41) is 11.2. The predicted octanol–water partition coefficient (Wildman–Crippen LogP) is 4.23. The molecule has 1 aliphatic heterocycles. The molecule has 0 fully saturated rings. The van der Waals surface area contributed by atoms with Gasteiger partial charge in [-0.2, -0.15) is 0 Å². The van der Waals surface area contributed by atoms with Gasteiger partial charge >= 0.3 is 0 Å². The van der Waals surface area contributed by atoms with Crippen LogP contribution in [0.1, 0.15) is 58.7 Å². The van der Waals surface area contributed by atoms with Crippen LogP contribution in [0.25, 0.3) is 0 Å². The molecule has 0 saturated heterocycles. The van der Waals surface area contributed by atoms with Crippen molar-refractivity contribution in [3.05, 3.63) is 76.6 Å². The summed E-state index contributed by atoms with van der Waals surface area (Å²) in [6.45, 7) is 7.15. The van der Waals surface area contributed by atoms with Crippen LogP contribution in [0.15, 0.2) is 48.5 Å². The molecule has 2 heterocycles. The Balaban J connectivity index is 1.50. The van der Waals surface area contributed by atoms with Crippen LogP contribution in [0, 0.1) is 6.92 Å². The minimum absolute atomic E-state index is 0.0894. The largest absolute Gasteiger partial charge is 0.365 e. The first kappa shape index (κ1) is 18.4. The molecule has 1 N–H and O–H groups in total. The predicted molar refractivity (Wildman–Crippen MR) is 107 cm³/mol. The zero-order valence-electron chi connectivity index (χ0n) is 16.3.